The normalized spacial score (nSPS) is 12.5. The lowest BCUT2D eigenvalue weighted by Gasteiger charge is -2.08. The van der Waals surface area contributed by atoms with Crippen molar-refractivity contribution in [1.82, 2.24) is 0 Å². The van der Waals surface area contributed by atoms with Crippen molar-refractivity contribution in [3.8, 4) is 0 Å². The first-order valence-electron chi connectivity index (χ1n) is 3.59. The third-order valence-electron chi connectivity index (χ3n) is 1.39. The molecule has 0 amide bonds. The van der Waals surface area contributed by atoms with Gasteiger partial charge in [0.1, 0.15) is 0 Å². The molecule has 0 aromatic carbocycles. The van der Waals surface area contributed by atoms with Gasteiger partial charge >= 0.3 is 5.97 Å². The first kappa shape index (κ1) is 10.2. The van der Waals surface area contributed by atoms with E-state index in [0.29, 0.717) is 6.61 Å². The van der Waals surface area contributed by atoms with Gasteiger partial charge in [-0.05, 0) is 13.3 Å². The Morgan fingerprint density at radius 3 is 2.64 bits per heavy atom. The van der Waals surface area contributed by atoms with E-state index in [1.54, 1.807) is 0 Å². The summed E-state index contributed by atoms with van der Waals surface area (Å²) in [7, 11) is 0. The minimum atomic E-state index is -0.936. The highest BCUT2D eigenvalue weighted by molar-refractivity contribution is 5.71. The Labute approximate surface area is 66.7 Å². The van der Waals surface area contributed by atoms with E-state index >= 15 is 0 Å². The fraction of sp³-hybridized carbons (Fsp3) is 0.625. The average molecular weight is 158 g/mol. The summed E-state index contributed by atoms with van der Waals surface area (Å²) in [4.78, 5) is 10.2. The van der Waals surface area contributed by atoms with Crippen molar-refractivity contribution < 1.29 is 14.6 Å². The van der Waals surface area contributed by atoms with E-state index in [1.165, 1.54) is 6.92 Å². The van der Waals surface area contributed by atoms with Crippen molar-refractivity contribution in [2.24, 2.45) is 0 Å². The van der Waals surface area contributed by atoms with Gasteiger partial charge in [-0.1, -0.05) is 19.1 Å². The smallest absolute Gasteiger partial charge is 0.332 e. The molecule has 0 rings (SSSR count). The van der Waals surface area contributed by atoms with Crippen molar-refractivity contribution in [2.75, 3.05) is 6.61 Å². The van der Waals surface area contributed by atoms with Gasteiger partial charge in [-0.15, -0.1) is 0 Å². The molecular weight excluding hydrogens is 144 g/mol. The van der Waals surface area contributed by atoms with Gasteiger partial charge in [0.15, 0.2) is 6.10 Å². The number of hydrogen-bond donors (Lipinski definition) is 1. The quantitative estimate of drug-likeness (QED) is 0.616. The van der Waals surface area contributed by atoms with Crippen LogP contribution in [0.2, 0.25) is 0 Å². The molecule has 0 saturated carbocycles. The minimum Gasteiger partial charge on any atom is -0.479 e. The molecule has 1 atom stereocenters. The lowest BCUT2D eigenvalue weighted by Crippen LogP contribution is -2.20. The third kappa shape index (κ3) is 4.56. The zero-order valence-electron chi connectivity index (χ0n) is 6.96. The van der Waals surface area contributed by atoms with Gasteiger partial charge in [0.2, 0.25) is 0 Å². The molecular formula is C8H14O3. The predicted molar refractivity (Wildman–Crippen MR) is 42.5 cm³/mol. The van der Waals surface area contributed by atoms with Crippen LogP contribution in [0.5, 0.6) is 0 Å². The summed E-state index contributed by atoms with van der Waals surface area (Å²) in [6.07, 6.45) is 0.0880. The SMILES string of the molecule is C=C(CC)CO[C@@H](C)C(=O)O. The summed E-state index contributed by atoms with van der Waals surface area (Å²) < 4.78 is 4.96. The first-order chi connectivity index (χ1) is 5.07. The van der Waals surface area contributed by atoms with Crippen LogP contribution in [-0.2, 0) is 9.53 Å². The number of aliphatic carboxylic acids is 1. The van der Waals surface area contributed by atoms with Crippen molar-refractivity contribution >= 4 is 5.97 Å². The summed E-state index contributed by atoms with van der Waals surface area (Å²) >= 11 is 0. The maximum absolute atomic E-state index is 10.2. The average Bonchev–Trinajstić information content (AvgIpc) is 1.99. The summed E-state index contributed by atoms with van der Waals surface area (Å²) in [5, 5.41) is 8.41. The number of carboxylic acids is 1. The second-order valence-electron chi connectivity index (χ2n) is 2.40. The molecule has 0 radical (unpaired) electrons. The standard InChI is InChI=1S/C8H14O3/c1-4-6(2)5-11-7(3)8(9)10/h7H,2,4-5H2,1,3H3,(H,9,10)/t7-/m0/s1. The highest BCUT2D eigenvalue weighted by Gasteiger charge is 2.10. The zero-order chi connectivity index (χ0) is 8.85. The molecule has 0 aliphatic heterocycles. The van der Waals surface area contributed by atoms with Crippen LogP contribution in [0.3, 0.4) is 0 Å². The Morgan fingerprint density at radius 2 is 2.27 bits per heavy atom. The van der Waals surface area contributed by atoms with Crippen LogP contribution in [0.4, 0.5) is 0 Å². The number of ether oxygens (including phenoxy) is 1. The molecule has 0 aliphatic carbocycles. The molecule has 0 saturated heterocycles. The molecule has 0 aromatic rings. The lowest BCUT2D eigenvalue weighted by molar-refractivity contribution is -0.148. The third-order valence-corrected chi connectivity index (χ3v) is 1.39. The molecule has 0 aromatic heterocycles. The summed E-state index contributed by atoms with van der Waals surface area (Å²) in [5.74, 6) is -0.936. The van der Waals surface area contributed by atoms with Crippen molar-refractivity contribution in [3.05, 3.63) is 12.2 Å². The number of rotatable bonds is 5. The molecule has 0 aliphatic rings. The largest absolute Gasteiger partial charge is 0.479 e. The Bertz CT molecular complexity index is 151. The Balaban J connectivity index is 3.54. The van der Waals surface area contributed by atoms with Crippen LogP contribution in [0.25, 0.3) is 0 Å². The molecule has 1 N–H and O–H groups in total. The first-order valence-corrected chi connectivity index (χ1v) is 3.59. The molecule has 3 nitrogen and oxygen atoms in total. The monoisotopic (exact) mass is 158 g/mol. The Hall–Kier alpha value is -0.830. The lowest BCUT2D eigenvalue weighted by atomic mass is 10.2. The second kappa shape index (κ2) is 4.91. The van der Waals surface area contributed by atoms with Crippen LogP contribution in [0.1, 0.15) is 20.3 Å². The van der Waals surface area contributed by atoms with Crippen LogP contribution in [-0.4, -0.2) is 23.8 Å². The van der Waals surface area contributed by atoms with Gasteiger partial charge in [0, 0.05) is 0 Å². The number of carbonyl (C=O) groups is 1. The summed E-state index contributed by atoms with van der Waals surface area (Å²) in [5.41, 5.74) is 0.915. The van der Waals surface area contributed by atoms with Gasteiger partial charge in [-0.25, -0.2) is 4.79 Å². The maximum atomic E-state index is 10.2. The summed E-state index contributed by atoms with van der Waals surface area (Å²) in [6, 6.07) is 0. The van der Waals surface area contributed by atoms with E-state index in [2.05, 4.69) is 6.58 Å². The highest BCUT2D eigenvalue weighted by atomic mass is 16.5. The van der Waals surface area contributed by atoms with Crippen molar-refractivity contribution in [3.63, 3.8) is 0 Å². The summed E-state index contributed by atoms with van der Waals surface area (Å²) in [6.45, 7) is 7.48. The van der Waals surface area contributed by atoms with Gasteiger partial charge in [-0.2, -0.15) is 0 Å². The highest BCUT2D eigenvalue weighted by Crippen LogP contribution is 1.99. The predicted octanol–water partition coefficient (Wildman–Crippen LogP) is 1.44. The van der Waals surface area contributed by atoms with E-state index < -0.39 is 12.1 Å². The second-order valence-corrected chi connectivity index (χ2v) is 2.40. The molecule has 0 bridgehead atoms. The number of hydrogen-bond acceptors (Lipinski definition) is 2. The molecule has 0 spiro atoms. The van der Waals surface area contributed by atoms with Crippen LogP contribution >= 0.6 is 0 Å². The number of carboxylic acid groups (broad SMARTS) is 1. The van der Waals surface area contributed by atoms with Gasteiger partial charge in [-0.3, -0.25) is 0 Å². The molecule has 64 valence electrons. The van der Waals surface area contributed by atoms with Crippen LogP contribution in [0.15, 0.2) is 12.2 Å². The van der Waals surface area contributed by atoms with Crippen LogP contribution < -0.4 is 0 Å². The van der Waals surface area contributed by atoms with E-state index in [1.807, 2.05) is 6.92 Å². The fourth-order valence-corrected chi connectivity index (χ4v) is 0.416. The Morgan fingerprint density at radius 1 is 1.73 bits per heavy atom. The Kier molecular flexibility index (Phi) is 4.54. The fourth-order valence-electron chi connectivity index (χ4n) is 0.416. The van der Waals surface area contributed by atoms with E-state index in [0.717, 1.165) is 12.0 Å². The van der Waals surface area contributed by atoms with E-state index in [4.69, 9.17) is 9.84 Å². The van der Waals surface area contributed by atoms with Crippen molar-refractivity contribution in [2.45, 2.75) is 26.4 Å². The van der Waals surface area contributed by atoms with Gasteiger partial charge in [0.05, 0.1) is 6.61 Å². The molecule has 0 unspecified atom stereocenters. The topological polar surface area (TPSA) is 46.5 Å². The van der Waals surface area contributed by atoms with Gasteiger partial charge < -0.3 is 9.84 Å². The molecule has 0 heterocycles. The van der Waals surface area contributed by atoms with E-state index in [-0.39, 0.29) is 0 Å². The molecule has 11 heavy (non-hydrogen) atoms. The van der Waals surface area contributed by atoms with Gasteiger partial charge in [0.25, 0.3) is 0 Å². The van der Waals surface area contributed by atoms with E-state index in [9.17, 15) is 4.79 Å². The molecule has 0 fully saturated rings. The maximum Gasteiger partial charge on any atom is 0.332 e. The molecule has 3 heteroatoms. The zero-order valence-corrected chi connectivity index (χ0v) is 6.96. The minimum absolute atomic E-state index is 0.337. The van der Waals surface area contributed by atoms with Crippen LogP contribution in [0, 0.1) is 0 Å². The van der Waals surface area contributed by atoms with Crippen molar-refractivity contribution in [1.29, 1.82) is 0 Å².